The van der Waals surface area contributed by atoms with Crippen molar-refractivity contribution in [3.8, 4) is 0 Å². The van der Waals surface area contributed by atoms with Crippen molar-refractivity contribution >= 4 is 26.7 Å². The van der Waals surface area contributed by atoms with Crippen molar-refractivity contribution in [2.24, 2.45) is 0 Å². The van der Waals surface area contributed by atoms with Gasteiger partial charge in [-0.25, -0.2) is 17.6 Å². The Hall–Kier alpha value is -2.67. The van der Waals surface area contributed by atoms with Gasteiger partial charge in [0.15, 0.2) is 9.84 Å². The van der Waals surface area contributed by atoms with E-state index in [4.69, 9.17) is 5.11 Å². The number of nitrogens with zero attached hydrogens (tertiary/aromatic N) is 1. The first-order valence-corrected chi connectivity index (χ1v) is 10.4. The van der Waals surface area contributed by atoms with Gasteiger partial charge in [0.2, 0.25) is 0 Å². The smallest absolute Gasteiger partial charge is 0.338 e. The van der Waals surface area contributed by atoms with E-state index in [0.717, 1.165) is 35.5 Å². The molecule has 3 aromatic rings. The largest absolute Gasteiger partial charge is 0.478 e. The van der Waals surface area contributed by atoms with E-state index >= 15 is 0 Å². The fourth-order valence-electron chi connectivity index (χ4n) is 3.20. The summed E-state index contributed by atoms with van der Waals surface area (Å²) in [5.41, 5.74) is 2.17. The summed E-state index contributed by atoms with van der Waals surface area (Å²) < 4.78 is 39.3. The summed E-state index contributed by atoms with van der Waals surface area (Å²) in [5.74, 6) is -2.08. The number of aromatic nitrogens is 1. The van der Waals surface area contributed by atoms with E-state index in [1.54, 1.807) is 24.3 Å². The van der Waals surface area contributed by atoms with E-state index in [-0.39, 0.29) is 10.5 Å². The molecule has 27 heavy (non-hydrogen) atoms. The van der Waals surface area contributed by atoms with Crippen LogP contribution in [0.1, 0.15) is 35.0 Å². The number of benzene rings is 2. The van der Waals surface area contributed by atoms with Gasteiger partial charge in [0.1, 0.15) is 5.82 Å². The van der Waals surface area contributed by atoms with Crippen LogP contribution in [0.2, 0.25) is 0 Å². The van der Waals surface area contributed by atoms with Gasteiger partial charge < -0.3 is 9.67 Å². The Morgan fingerprint density at radius 3 is 2.52 bits per heavy atom. The first-order valence-electron chi connectivity index (χ1n) is 8.54. The van der Waals surface area contributed by atoms with Gasteiger partial charge in [0, 0.05) is 29.4 Å². The van der Waals surface area contributed by atoms with Crippen LogP contribution in [0.3, 0.4) is 0 Å². The molecular weight excluding hydrogens is 369 g/mol. The number of carboxylic acids is 1. The predicted molar refractivity (Wildman–Crippen MR) is 102 cm³/mol. The van der Waals surface area contributed by atoms with Gasteiger partial charge in [-0.05, 0) is 48.4 Å². The Morgan fingerprint density at radius 1 is 1.15 bits per heavy atom. The number of halogens is 1. The highest BCUT2D eigenvalue weighted by molar-refractivity contribution is 7.90. The van der Waals surface area contributed by atoms with Crippen molar-refractivity contribution in [1.82, 2.24) is 4.57 Å². The second-order valence-corrected chi connectivity index (χ2v) is 8.60. The summed E-state index contributed by atoms with van der Waals surface area (Å²) in [6.45, 7) is 2.42. The first kappa shape index (κ1) is 19.1. The monoisotopic (exact) mass is 389 g/mol. The summed E-state index contributed by atoms with van der Waals surface area (Å²) in [6.07, 6.45) is 2.86. The Balaban J connectivity index is 2.11. The summed E-state index contributed by atoms with van der Waals surface area (Å²) in [6, 6.07) is 11.0. The molecule has 0 aliphatic rings. The number of carboxylic acid groups (broad SMARTS) is 1. The second kappa shape index (κ2) is 7.15. The zero-order valence-corrected chi connectivity index (χ0v) is 15.9. The molecule has 1 aromatic heterocycles. The Bertz CT molecular complexity index is 1130. The molecule has 0 bridgehead atoms. The molecule has 0 aliphatic carbocycles. The van der Waals surface area contributed by atoms with Crippen LogP contribution < -0.4 is 0 Å². The van der Waals surface area contributed by atoms with E-state index in [9.17, 15) is 17.6 Å². The normalized spacial score (nSPS) is 11.8. The Labute approximate surface area is 157 Å². The molecule has 0 saturated heterocycles. The molecule has 2 aromatic carbocycles. The van der Waals surface area contributed by atoms with E-state index in [1.807, 2.05) is 17.6 Å². The van der Waals surface area contributed by atoms with E-state index in [2.05, 4.69) is 0 Å². The number of carbonyl (C=O) groups is 1. The van der Waals surface area contributed by atoms with Gasteiger partial charge in [0.05, 0.1) is 10.5 Å². The highest BCUT2D eigenvalue weighted by Crippen LogP contribution is 2.26. The summed E-state index contributed by atoms with van der Waals surface area (Å²) in [5, 5.41) is 9.94. The maximum Gasteiger partial charge on any atom is 0.338 e. The standard InChI is InChI=1S/C20H20FNO4S/c1-3-4-15-10-14-11-16(27(2,25)26)6-8-19(14)22(15)12-13-5-7-18(21)17(9-13)20(23)24/h5-11H,3-4,12H2,1-2H3,(H,23,24). The number of aryl methyl sites for hydroxylation is 1. The molecule has 7 heteroatoms. The zero-order valence-electron chi connectivity index (χ0n) is 15.1. The number of sulfone groups is 1. The first-order chi connectivity index (χ1) is 12.7. The van der Waals surface area contributed by atoms with Crippen molar-refractivity contribution in [2.75, 3.05) is 6.26 Å². The Kier molecular flexibility index (Phi) is 5.06. The van der Waals surface area contributed by atoms with Crippen molar-refractivity contribution < 1.29 is 22.7 Å². The van der Waals surface area contributed by atoms with Gasteiger partial charge in [-0.2, -0.15) is 0 Å². The van der Waals surface area contributed by atoms with Crippen LogP contribution in [0.15, 0.2) is 47.4 Å². The van der Waals surface area contributed by atoms with Crippen LogP contribution in [-0.4, -0.2) is 30.3 Å². The molecule has 0 amide bonds. The summed E-state index contributed by atoms with van der Waals surface area (Å²) in [4.78, 5) is 11.4. The van der Waals surface area contributed by atoms with Gasteiger partial charge in [-0.3, -0.25) is 0 Å². The highest BCUT2D eigenvalue weighted by Gasteiger charge is 2.15. The zero-order chi connectivity index (χ0) is 19.8. The van der Waals surface area contributed by atoms with Crippen LogP contribution in [0.5, 0.6) is 0 Å². The molecule has 0 saturated carbocycles. The average molecular weight is 389 g/mol. The predicted octanol–water partition coefficient (Wildman–Crippen LogP) is 3.88. The van der Waals surface area contributed by atoms with Crippen LogP contribution in [0.4, 0.5) is 4.39 Å². The molecule has 1 N–H and O–H groups in total. The molecular formula is C20H20FNO4S. The van der Waals surface area contributed by atoms with E-state index < -0.39 is 21.6 Å². The SMILES string of the molecule is CCCc1cc2cc(S(C)(=O)=O)ccc2n1Cc1ccc(F)c(C(=O)O)c1. The van der Waals surface area contributed by atoms with E-state index in [1.165, 1.54) is 12.3 Å². The lowest BCUT2D eigenvalue weighted by atomic mass is 10.1. The highest BCUT2D eigenvalue weighted by atomic mass is 32.2. The van der Waals surface area contributed by atoms with Crippen LogP contribution in [0, 0.1) is 5.82 Å². The third-order valence-corrected chi connectivity index (χ3v) is 5.61. The number of aromatic carboxylic acids is 1. The van der Waals surface area contributed by atoms with Crippen molar-refractivity contribution in [2.45, 2.75) is 31.2 Å². The van der Waals surface area contributed by atoms with Gasteiger partial charge >= 0.3 is 5.97 Å². The molecule has 142 valence electrons. The fourth-order valence-corrected chi connectivity index (χ4v) is 3.86. The molecule has 0 spiro atoms. The van der Waals surface area contributed by atoms with Gasteiger partial charge in [0.25, 0.3) is 0 Å². The maximum atomic E-state index is 13.7. The van der Waals surface area contributed by atoms with Crippen molar-refractivity contribution in [1.29, 1.82) is 0 Å². The molecule has 0 atom stereocenters. The fraction of sp³-hybridized carbons (Fsp3) is 0.250. The number of hydrogen-bond acceptors (Lipinski definition) is 3. The van der Waals surface area contributed by atoms with Crippen LogP contribution >= 0.6 is 0 Å². The molecule has 0 radical (unpaired) electrons. The molecule has 1 heterocycles. The van der Waals surface area contributed by atoms with Crippen molar-refractivity contribution in [3.63, 3.8) is 0 Å². The quantitative estimate of drug-likeness (QED) is 0.694. The van der Waals surface area contributed by atoms with Gasteiger partial charge in [-0.15, -0.1) is 0 Å². The van der Waals surface area contributed by atoms with Crippen LogP contribution in [0.25, 0.3) is 10.9 Å². The second-order valence-electron chi connectivity index (χ2n) is 6.58. The lowest BCUT2D eigenvalue weighted by molar-refractivity contribution is 0.0691. The molecule has 0 unspecified atom stereocenters. The lowest BCUT2D eigenvalue weighted by Gasteiger charge is -2.12. The van der Waals surface area contributed by atoms with Gasteiger partial charge in [-0.1, -0.05) is 19.4 Å². The molecule has 0 aliphatic heterocycles. The molecule has 5 nitrogen and oxygen atoms in total. The lowest BCUT2D eigenvalue weighted by Crippen LogP contribution is -2.07. The average Bonchev–Trinajstić information content (AvgIpc) is 2.92. The maximum absolute atomic E-state index is 13.7. The Morgan fingerprint density at radius 2 is 1.89 bits per heavy atom. The van der Waals surface area contributed by atoms with Crippen molar-refractivity contribution in [3.05, 3.63) is 65.1 Å². The third kappa shape index (κ3) is 3.88. The number of hydrogen-bond donors (Lipinski definition) is 1. The summed E-state index contributed by atoms with van der Waals surface area (Å²) >= 11 is 0. The third-order valence-electron chi connectivity index (χ3n) is 4.49. The minimum Gasteiger partial charge on any atom is -0.478 e. The minimum absolute atomic E-state index is 0.255. The topological polar surface area (TPSA) is 76.4 Å². The number of fused-ring (bicyclic) bond motifs is 1. The van der Waals surface area contributed by atoms with Crippen LogP contribution in [-0.2, 0) is 22.8 Å². The minimum atomic E-state index is -3.31. The molecule has 0 fully saturated rings. The summed E-state index contributed by atoms with van der Waals surface area (Å²) in [7, 11) is -3.31. The molecule has 3 rings (SSSR count). The van der Waals surface area contributed by atoms with E-state index in [0.29, 0.717) is 12.1 Å². The number of rotatable bonds is 6.